The molecule has 0 aliphatic rings. The smallest absolute Gasteiger partial charge is 0.320 e. The molecule has 0 amide bonds. The minimum atomic E-state index is -0.855. The lowest BCUT2D eigenvalue weighted by atomic mass is 9.99. The van der Waals surface area contributed by atoms with Gasteiger partial charge in [-0.15, -0.1) is 0 Å². The normalized spacial score (nSPS) is 11.9. The lowest BCUT2D eigenvalue weighted by Crippen LogP contribution is -2.17. The average molecular weight is 221 g/mol. The summed E-state index contributed by atoms with van der Waals surface area (Å²) < 4.78 is 4.82. The molecule has 0 aliphatic heterocycles. The summed E-state index contributed by atoms with van der Waals surface area (Å²) in [7, 11) is 0. The molecule has 0 saturated heterocycles. The molecule has 0 saturated carbocycles. The first-order valence-corrected chi connectivity index (χ1v) is 5.13. The third-order valence-corrected chi connectivity index (χ3v) is 2.22. The second kappa shape index (κ2) is 6.02. The van der Waals surface area contributed by atoms with E-state index in [1.807, 2.05) is 6.07 Å². The Labute approximate surface area is 94.4 Å². The van der Waals surface area contributed by atoms with Gasteiger partial charge in [-0.1, -0.05) is 24.3 Å². The maximum Gasteiger partial charge on any atom is 0.320 e. The van der Waals surface area contributed by atoms with Crippen molar-refractivity contribution in [1.82, 2.24) is 0 Å². The van der Waals surface area contributed by atoms with Crippen LogP contribution in [0.15, 0.2) is 24.3 Å². The van der Waals surface area contributed by atoms with E-state index >= 15 is 0 Å². The van der Waals surface area contributed by atoms with Crippen molar-refractivity contribution < 1.29 is 14.3 Å². The Morgan fingerprint density at radius 1 is 1.56 bits per heavy atom. The van der Waals surface area contributed by atoms with Crippen molar-refractivity contribution in [3.63, 3.8) is 0 Å². The van der Waals surface area contributed by atoms with Crippen LogP contribution in [0.3, 0.4) is 0 Å². The highest BCUT2D eigenvalue weighted by molar-refractivity contribution is 5.94. The highest BCUT2D eigenvalue weighted by Gasteiger charge is 2.21. The van der Waals surface area contributed by atoms with Crippen LogP contribution in [-0.2, 0) is 20.9 Å². The van der Waals surface area contributed by atoms with Crippen molar-refractivity contribution in [3.05, 3.63) is 35.4 Å². The molecule has 4 nitrogen and oxygen atoms in total. The van der Waals surface area contributed by atoms with E-state index in [1.54, 1.807) is 25.1 Å². The summed E-state index contributed by atoms with van der Waals surface area (Å²) in [5.41, 5.74) is 7.00. The molecule has 4 heteroatoms. The molecule has 1 unspecified atom stereocenters. The SMILES string of the molecule is CCOC(=O)C(C=O)c1cccc(CN)c1. The molecule has 1 aromatic rings. The highest BCUT2D eigenvalue weighted by atomic mass is 16.5. The third-order valence-electron chi connectivity index (χ3n) is 2.22. The van der Waals surface area contributed by atoms with Gasteiger partial charge in [0.05, 0.1) is 6.61 Å². The van der Waals surface area contributed by atoms with Gasteiger partial charge in [-0.2, -0.15) is 0 Å². The van der Waals surface area contributed by atoms with Gasteiger partial charge in [0.15, 0.2) is 0 Å². The second-order valence-corrected chi connectivity index (χ2v) is 3.31. The zero-order valence-corrected chi connectivity index (χ0v) is 9.18. The van der Waals surface area contributed by atoms with E-state index in [-0.39, 0.29) is 6.61 Å². The molecule has 1 atom stereocenters. The summed E-state index contributed by atoms with van der Waals surface area (Å²) in [6.45, 7) is 2.35. The molecule has 0 radical (unpaired) electrons. The molecule has 0 aromatic heterocycles. The first-order chi connectivity index (χ1) is 7.72. The molecule has 1 rings (SSSR count). The van der Waals surface area contributed by atoms with Crippen LogP contribution < -0.4 is 5.73 Å². The Morgan fingerprint density at radius 3 is 2.88 bits per heavy atom. The Hall–Kier alpha value is -1.68. The minimum Gasteiger partial charge on any atom is -0.465 e. The van der Waals surface area contributed by atoms with Crippen LogP contribution in [0, 0.1) is 0 Å². The van der Waals surface area contributed by atoms with Crippen molar-refractivity contribution >= 4 is 12.3 Å². The average Bonchev–Trinajstić information content (AvgIpc) is 2.31. The number of ether oxygens (including phenoxy) is 1. The Balaban J connectivity index is 2.94. The number of esters is 1. The molecule has 0 bridgehead atoms. The van der Waals surface area contributed by atoms with E-state index in [0.717, 1.165) is 5.56 Å². The number of aldehydes is 1. The summed E-state index contributed by atoms with van der Waals surface area (Å²) in [5.74, 6) is -1.38. The van der Waals surface area contributed by atoms with E-state index in [1.165, 1.54) is 0 Å². The predicted octanol–water partition coefficient (Wildman–Crippen LogP) is 0.991. The Kier molecular flexibility index (Phi) is 4.66. The third kappa shape index (κ3) is 2.90. The molecule has 86 valence electrons. The molecule has 0 aliphatic carbocycles. The summed E-state index contributed by atoms with van der Waals surface area (Å²) in [5, 5.41) is 0. The summed E-state index contributed by atoms with van der Waals surface area (Å²) in [6, 6.07) is 7.08. The molecular weight excluding hydrogens is 206 g/mol. The largest absolute Gasteiger partial charge is 0.465 e. The van der Waals surface area contributed by atoms with Crippen molar-refractivity contribution in [2.45, 2.75) is 19.4 Å². The summed E-state index contributed by atoms with van der Waals surface area (Å²) in [4.78, 5) is 22.4. The zero-order valence-electron chi connectivity index (χ0n) is 9.18. The van der Waals surface area contributed by atoms with Crippen molar-refractivity contribution in [2.24, 2.45) is 5.73 Å². The van der Waals surface area contributed by atoms with E-state index in [4.69, 9.17) is 10.5 Å². The van der Waals surface area contributed by atoms with Crippen LogP contribution in [0.1, 0.15) is 24.0 Å². The van der Waals surface area contributed by atoms with Gasteiger partial charge in [0.2, 0.25) is 0 Å². The van der Waals surface area contributed by atoms with Crippen molar-refractivity contribution in [2.75, 3.05) is 6.61 Å². The molecule has 0 fully saturated rings. The minimum absolute atomic E-state index is 0.264. The lowest BCUT2D eigenvalue weighted by molar-refractivity contribution is -0.146. The topological polar surface area (TPSA) is 69.4 Å². The Bertz CT molecular complexity index is 376. The molecule has 1 aromatic carbocycles. The van der Waals surface area contributed by atoms with Gasteiger partial charge in [0.25, 0.3) is 0 Å². The maximum absolute atomic E-state index is 11.5. The van der Waals surface area contributed by atoms with Gasteiger partial charge < -0.3 is 15.3 Å². The quantitative estimate of drug-likeness (QED) is 0.457. The van der Waals surface area contributed by atoms with Crippen molar-refractivity contribution in [3.8, 4) is 0 Å². The molecule has 16 heavy (non-hydrogen) atoms. The highest BCUT2D eigenvalue weighted by Crippen LogP contribution is 2.16. The summed E-state index contributed by atoms with van der Waals surface area (Å²) in [6.07, 6.45) is 0.591. The fourth-order valence-electron chi connectivity index (χ4n) is 1.42. The number of carbonyl (C=O) groups is 2. The van der Waals surface area contributed by atoms with Gasteiger partial charge in [-0.25, -0.2) is 0 Å². The fourth-order valence-corrected chi connectivity index (χ4v) is 1.42. The Morgan fingerprint density at radius 2 is 2.31 bits per heavy atom. The zero-order chi connectivity index (χ0) is 12.0. The number of nitrogens with two attached hydrogens (primary N) is 1. The van der Waals surface area contributed by atoms with E-state index in [0.29, 0.717) is 18.4 Å². The first kappa shape index (κ1) is 12.4. The van der Waals surface area contributed by atoms with Crippen LogP contribution in [0.2, 0.25) is 0 Å². The van der Waals surface area contributed by atoms with Crippen LogP contribution in [0.4, 0.5) is 0 Å². The first-order valence-electron chi connectivity index (χ1n) is 5.13. The molecule has 2 N–H and O–H groups in total. The molecular formula is C12H15NO3. The van der Waals surface area contributed by atoms with E-state index in [2.05, 4.69) is 0 Å². The number of benzene rings is 1. The number of carbonyl (C=O) groups excluding carboxylic acids is 2. The van der Waals surface area contributed by atoms with E-state index < -0.39 is 11.9 Å². The maximum atomic E-state index is 11.5. The van der Waals surface area contributed by atoms with Gasteiger partial charge in [0, 0.05) is 6.54 Å². The van der Waals surface area contributed by atoms with Gasteiger partial charge in [-0.3, -0.25) is 4.79 Å². The monoisotopic (exact) mass is 221 g/mol. The second-order valence-electron chi connectivity index (χ2n) is 3.31. The van der Waals surface area contributed by atoms with Crippen LogP contribution in [0.25, 0.3) is 0 Å². The van der Waals surface area contributed by atoms with E-state index in [9.17, 15) is 9.59 Å². The number of hydrogen-bond donors (Lipinski definition) is 1. The lowest BCUT2D eigenvalue weighted by Gasteiger charge is -2.10. The van der Waals surface area contributed by atoms with Crippen LogP contribution in [-0.4, -0.2) is 18.9 Å². The molecule has 0 heterocycles. The van der Waals surface area contributed by atoms with Crippen LogP contribution in [0.5, 0.6) is 0 Å². The summed E-state index contributed by atoms with van der Waals surface area (Å²) >= 11 is 0. The fraction of sp³-hybridized carbons (Fsp3) is 0.333. The van der Waals surface area contributed by atoms with Gasteiger partial charge >= 0.3 is 5.97 Å². The van der Waals surface area contributed by atoms with Gasteiger partial charge in [0.1, 0.15) is 12.2 Å². The van der Waals surface area contributed by atoms with Crippen molar-refractivity contribution in [1.29, 1.82) is 0 Å². The van der Waals surface area contributed by atoms with Gasteiger partial charge in [-0.05, 0) is 18.1 Å². The number of rotatable bonds is 5. The number of hydrogen-bond acceptors (Lipinski definition) is 4. The predicted molar refractivity (Wildman–Crippen MR) is 59.8 cm³/mol. The molecule has 0 spiro atoms. The standard InChI is InChI=1S/C12H15NO3/c1-2-16-12(15)11(8-14)10-5-3-4-9(6-10)7-13/h3-6,8,11H,2,7,13H2,1H3. The van der Waals surface area contributed by atoms with Crippen LogP contribution >= 0.6 is 0 Å².